The van der Waals surface area contributed by atoms with E-state index in [1.54, 1.807) is 6.08 Å². The molecule has 12 heteroatoms. The molecule has 4 heterocycles. The van der Waals surface area contributed by atoms with E-state index in [9.17, 15) is 35.4 Å². The van der Waals surface area contributed by atoms with Gasteiger partial charge in [-0.2, -0.15) is 0 Å². The van der Waals surface area contributed by atoms with Crippen LogP contribution >= 0.6 is 0 Å². The number of fused-ring (bicyclic) bond motifs is 1. The zero-order valence-electron chi connectivity index (χ0n) is 28.8. The van der Waals surface area contributed by atoms with Gasteiger partial charge in [-0.3, -0.25) is 0 Å². The van der Waals surface area contributed by atoms with Gasteiger partial charge < -0.3 is 54.5 Å². The van der Waals surface area contributed by atoms with Crippen LogP contribution in [0.25, 0.3) is 6.08 Å². The zero-order chi connectivity index (χ0) is 35.4. The van der Waals surface area contributed by atoms with Crippen LogP contribution in [0.15, 0.2) is 53.8 Å². The third-order valence-electron chi connectivity index (χ3n) is 12.7. The van der Waals surface area contributed by atoms with E-state index in [4.69, 9.17) is 18.9 Å². The highest BCUT2D eigenvalue weighted by atomic mass is 16.7. The van der Waals surface area contributed by atoms with Crippen molar-refractivity contribution in [2.75, 3.05) is 37.9 Å². The summed E-state index contributed by atoms with van der Waals surface area (Å²) in [5, 5.41) is 61.5. The first-order chi connectivity index (χ1) is 24.0. The van der Waals surface area contributed by atoms with Crippen LogP contribution in [0.5, 0.6) is 0 Å². The minimum Gasteiger partial charge on any atom is -0.423 e. The Morgan fingerprint density at radius 3 is 2.42 bits per heavy atom. The molecule has 3 saturated heterocycles. The summed E-state index contributed by atoms with van der Waals surface area (Å²) in [7, 11) is 0. The molecular weight excluding hydrogens is 646 g/mol. The molecule has 9 unspecified atom stereocenters. The Labute approximate surface area is 292 Å². The third kappa shape index (κ3) is 6.16. The zero-order valence-corrected chi connectivity index (χ0v) is 28.8. The van der Waals surface area contributed by atoms with Crippen LogP contribution in [0, 0.1) is 22.7 Å². The average molecular weight is 698 g/mol. The lowest BCUT2D eigenvalue weighted by Crippen LogP contribution is -2.64. The SMILES string of the molecule is C[C@]12CC[C@@H](OC3OC(CO)C(O)C(O)C3O)[C@@](C)(CO)C1CCC1(CO1)C2/C=C/C1=CC(=C\c2ccc(N3CCCC3CO)cc2)/OC1=O. The summed E-state index contributed by atoms with van der Waals surface area (Å²) >= 11 is 0. The molecule has 0 radical (unpaired) electrons. The van der Waals surface area contributed by atoms with Crippen LogP contribution in [-0.4, -0.2) is 118 Å². The van der Waals surface area contributed by atoms with Crippen molar-refractivity contribution in [2.45, 2.75) is 101 Å². The number of aliphatic hydroxyl groups is 6. The van der Waals surface area contributed by atoms with Crippen LogP contribution in [0.2, 0.25) is 0 Å². The van der Waals surface area contributed by atoms with Crippen molar-refractivity contribution in [3.63, 3.8) is 0 Å². The smallest absolute Gasteiger partial charge is 0.343 e. The number of anilines is 1. The summed E-state index contributed by atoms with van der Waals surface area (Å²) in [4.78, 5) is 15.2. The lowest BCUT2D eigenvalue weighted by atomic mass is 9.45. The molecule has 0 aromatic heterocycles. The van der Waals surface area contributed by atoms with Gasteiger partial charge in [0.25, 0.3) is 0 Å². The Kier molecular flexibility index (Phi) is 9.81. The van der Waals surface area contributed by atoms with Crippen molar-refractivity contribution in [1.82, 2.24) is 0 Å². The average Bonchev–Trinajstić information content (AvgIpc) is 3.55. The number of hydrogen-bond acceptors (Lipinski definition) is 12. The monoisotopic (exact) mass is 697 g/mol. The van der Waals surface area contributed by atoms with Gasteiger partial charge in [0.1, 0.15) is 30.2 Å². The van der Waals surface area contributed by atoms with Crippen LogP contribution in [0.3, 0.4) is 0 Å². The maximum absolute atomic E-state index is 13.0. The van der Waals surface area contributed by atoms with Crippen molar-refractivity contribution in [3.8, 4) is 0 Å². The fourth-order valence-corrected chi connectivity index (χ4v) is 9.78. The van der Waals surface area contributed by atoms with Gasteiger partial charge in [0, 0.05) is 23.6 Å². The molecule has 0 bridgehead atoms. The van der Waals surface area contributed by atoms with E-state index in [1.165, 1.54) is 0 Å². The molecule has 50 heavy (non-hydrogen) atoms. The van der Waals surface area contributed by atoms with E-state index in [1.807, 2.05) is 43.3 Å². The number of esters is 1. The summed E-state index contributed by atoms with van der Waals surface area (Å²) in [6.07, 6.45) is 4.85. The number of ether oxygens (including phenoxy) is 4. The Morgan fingerprint density at radius 2 is 1.74 bits per heavy atom. The first-order valence-corrected chi connectivity index (χ1v) is 18.0. The molecule has 1 spiro atoms. The molecule has 1 aromatic carbocycles. The number of aliphatic hydroxyl groups excluding tert-OH is 6. The summed E-state index contributed by atoms with van der Waals surface area (Å²) in [5.41, 5.74) is 0.981. The quantitative estimate of drug-likeness (QED) is 0.125. The Hall–Kier alpha value is -2.65. The molecule has 12 nitrogen and oxygen atoms in total. The lowest BCUT2D eigenvalue weighted by molar-refractivity contribution is -0.330. The Bertz CT molecular complexity index is 1500. The predicted octanol–water partition coefficient (Wildman–Crippen LogP) is 1.81. The number of carbonyl (C=O) groups excluding carboxylic acids is 1. The second-order valence-electron chi connectivity index (χ2n) is 15.6. The van der Waals surface area contributed by atoms with E-state index in [0.29, 0.717) is 30.8 Å². The molecule has 1 aromatic rings. The van der Waals surface area contributed by atoms with Crippen molar-refractivity contribution in [2.24, 2.45) is 22.7 Å². The normalized spacial score (nSPS) is 43.8. The van der Waals surface area contributed by atoms with Crippen LogP contribution in [0.4, 0.5) is 5.69 Å². The van der Waals surface area contributed by atoms with Crippen molar-refractivity contribution in [3.05, 3.63) is 59.4 Å². The van der Waals surface area contributed by atoms with Gasteiger partial charge in [0.2, 0.25) is 0 Å². The number of cyclic esters (lactones) is 1. The van der Waals surface area contributed by atoms with E-state index >= 15 is 0 Å². The number of rotatable bonds is 9. The fourth-order valence-electron chi connectivity index (χ4n) is 9.78. The number of carbonyl (C=O) groups is 1. The molecule has 274 valence electrons. The van der Waals surface area contributed by atoms with E-state index in [0.717, 1.165) is 43.5 Å². The Balaban J connectivity index is 1.08. The number of epoxide rings is 1. The molecule has 0 amide bonds. The van der Waals surface area contributed by atoms with Gasteiger partial charge in [0.05, 0.1) is 49.7 Å². The maximum Gasteiger partial charge on any atom is 0.343 e. The largest absolute Gasteiger partial charge is 0.423 e. The molecule has 12 atom stereocenters. The molecule has 7 rings (SSSR count). The van der Waals surface area contributed by atoms with Crippen molar-refractivity contribution in [1.29, 1.82) is 0 Å². The second-order valence-corrected chi connectivity index (χ2v) is 15.6. The number of benzene rings is 1. The van der Waals surface area contributed by atoms with Gasteiger partial charge in [-0.1, -0.05) is 38.1 Å². The fraction of sp³-hybridized carbons (Fsp3) is 0.658. The van der Waals surface area contributed by atoms with E-state index < -0.39 is 54.8 Å². The van der Waals surface area contributed by atoms with Crippen molar-refractivity contribution < 1.29 is 54.4 Å². The first-order valence-electron chi connectivity index (χ1n) is 18.0. The molecule has 4 aliphatic heterocycles. The number of allylic oxidation sites excluding steroid dienone is 1. The summed E-state index contributed by atoms with van der Waals surface area (Å²) in [5.74, 6) is -0.0487. The van der Waals surface area contributed by atoms with Gasteiger partial charge in [-0.05, 0) is 79.7 Å². The second kappa shape index (κ2) is 13.7. The van der Waals surface area contributed by atoms with Crippen LogP contribution in [0.1, 0.15) is 57.9 Å². The summed E-state index contributed by atoms with van der Waals surface area (Å²) < 4.78 is 23.7. The molecule has 6 N–H and O–H groups in total. The van der Waals surface area contributed by atoms with Gasteiger partial charge in [0.15, 0.2) is 6.29 Å². The maximum atomic E-state index is 13.0. The van der Waals surface area contributed by atoms with E-state index in [2.05, 4.69) is 17.9 Å². The highest BCUT2D eigenvalue weighted by Crippen LogP contribution is 2.66. The molecule has 6 aliphatic rings. The first kappa shape index (κ1) is 35.7. The molecule has 5 fully saturated rings. The van der Waals surface area contributed by atoms with Gasteiger partial charge in [-0.15, -0.1) is 0 Å². The summed E-state index contributed by atoms with van der Waals surface area (Å²) in [6.45, 7) is 5.13. The molecule has 2 aliphatic carbocycles. The minimum absolute atomic E-state index is 0.0238. The Morgan fingerprint density at radius 1 is 0.980 bits per heavy atom. The van der Waals surface area contributed by atoms with Crippen LogP contribution < -0.4 is 4.90 Å². The molecular formula is C38H51NO11. The predicted molar refractivity (Wildman–Crippen MR) is 181 cm³/mol. The summed E-state index contributed by atoms with van der Waals surface area (Å²) in [6, 6.07) is 8.17. The minimum atomic E-state index is -1.55. The van der Waals surface area contributed by atoms with Gasteiger partial charge in [-0.25, -0.2) is 4.79 Å². The highest BCUT2D eigenvalue weighted by Gasteiger charge is 2.67. The molecule has 2 saturated carbocycles. The van der Waals surface area contributed by atoms with Gasteiger partial charge >= 0.3 is 5.97 Å². The number of nitrogens with zero attached hydrogens (tertiary/aromatic N) is 1. The van der Waals surface area contributed by atoms with Crippen LogP contribution in [-0.2, 0) is 23.7 Å². The lowest BCUT2D eigenvalue weighted by Gasteiger charge is -2.61. The van der Waals surface area contributed by atoms with E-state index in [-0.39, 0.29) is 42.1 Å². The van der Waals surface area contributed by atoms with Crippen molar-refractivity contribution >= 4 is 17.7 Å². The standard InChI is InChI=1S/C38H51NO11/c1-36-13-12-30(50-35-33(45)32(44)31(43)27(19-41)49-35)37(2,20-42)28(36)11-14-38(21-47-38)29(36)10-7-23-17-26(48-34(23)46)16-22-5-8-24(9-6-22)39-15-3-4-25(39)18-40/h5-10,16-17,25,27-33,35,40-45H,3-4,11-15,18-21H2,1-2H3/b10-7+,26-16+/t25?,27?,28?,29?,30-,31?,32?,33?,35?,36+,37+,38?/m1/s1. The number of hydrogen-bond donors (Lipinski definition) is 6. The topological polar surface area (TPSA) is 182 Å². The third-order valence-corrected chi connectivity index (χ3v) is 12.7. The highest BCUT2D eigenvalue weighted by molar-refractivity contribution is 5.96.